The standard InChI is InChI=1S/C27H22N6O4/c1-3-36-27-28-21-9-6-8-19(26(34)35-2)24(21)33(27)15-16-11-12-18-20(25-29-31-32-30-25)14-17-7-4-5-10-22(17)37-23(18)13-16/h4-14H,3,15H2,1-2H3,(H,29,30,31,32). The van der Waals surface area contributed by atoms with Gasteiger partial charge in [0, 0.05) is 16.7 Å². The van der Waals surface area contributed by atoms with E-state index in [0.717, 1.165) is 28.0 Å². The van der Waals surface area contributed by atoms with Crippen LogP contribution in [0.15, 0.2) is 60.7 Å². The van der Waals surface area contributed by atoms with E-state index in [1.54, 1.807) is 12.1 Å². The Balaban J connectivity index is 1.48. The molecular weight excluding hydrogens is 472 g/mol. The second kappa shape index (κ2) is 9.23. The highest BCUT2D eigenvalue weighted by atomic mass is 16.5. The van der Waals surface area contributed by atoms with Crippen LogP contribution in [0.3, 0.4) is 0 Å². The number of benzene rings is 3. The summed E-state index contributed by atoms with van der Waals surface area (Å²) in [6, 6.07) is 19.5. The Morgan fingerprint density at radius 2 is 1.97 bits per heavy atom. The van der Waals surface area contributed by atoms with Gasteiger partial charge in [0.2, 0.25) is 5.82 Å². The lowest BCUT2D eigenvalue weighted by Gasteiger charge is -2.14. The van der Waals surface area contributed by atoms with Crippen molar-refractivity contribution in [3.63, 3.8) is 0 Å². The van der Waals surface area contributed by atoms with Gasteiger partial charge in [-0.2, -0.15) is 10.2 Å². The fourth-order valence-corrected chi connectivity index (χ4v) is 4.48. The molecule has 37 heavy (non-hydrogen) atoms. The Hall–Kier alpha value is -4.99. The third kappa shape index (κ3) is 3.98. The average Bonchev–Trinajstić information content (AvgIpc) is 3.53. The zero-order valence-corrected chi connectivity index (χ0v) is 20.1. The first-order valence-electron chi connectivity index (χ1n) is 11.7. The number of H-pyrrole nitrogens is 1. The number of hydrogen-bond donors (Lipinski definition) is 1. The van der Waals surface area contributed by atoms with Crippen LogP contribution in [0.4, 0.5) is 0 Å². The van der Waals surface area contributed by atoms with E-state index in [2.05, 4.69) is 25.6 Å². The topological polar surface area (TPSA) is 117 Å². The first-order valence-corrected chi connectivity index (χ1v) is 11.7. The van der Waals surface area contributed by atoms with Gasteiger partial charge in [-0.3, -0.25) is 4.57 Å². The number of imidazole rings is 1. The number of aromatic amines is 1. The number of hydrogen-bond acceptors (Lipinski definition) is 8. The smallest absolute Gasteiger partial charge is 0.340 e. The van der Waals surface area contributed by atoms with Crippen LogP contribution in [-0.4, -0.2) is 49.9 Å². The predicted molar refractivity (Wildman–Crippen MR) is 135 cm³/mol. The van der Waals surface area contributed by atoms with Gasteiger partial charge in [-0.05, 0) is 48.0 Å². The number of esters is 1. The van der Waals surface area contributed by atoms with E-state index in [4.69, 9.17) is 14.2 Å². The van der Waals surface area contributed by atoms with E-state index in [-0.39, 0.29) is 0 Å². The molecule has 1 N–H and O–H groups in total. The minimum Gasteiger partial charge on any atom is -0.465 e. The molecule has 0 saturated carbocycles. The lowest BCUT2D eigenvalue weighted by atomic mass is 10.0. The molecule has 0 unspecified atom stereocenters. The molecular formula is C27H22N6O4. The zero-order chi connectivity index (χ0) is 25.4. The molecule has 0 spiro atoms. The Bertz CT molecular complexity index is 1660. The molecule has 10 nitrogen and oxygen atoms in total. The number of rotatable bonds is 6. The number of para-hydroxylation sites is 2. The molecule has 1 aliphatic rings. The van der Waals surface area contributed by atoms with E-state index in [9.17, 15) is 4.79 Å². The quantitative estimate of drug-likeness (QED) is 0.337. The van der Waals surface area contributed by atoms with Crippen molar-refractivity contribution in [1.29, 1.82) is 0 Å². The van der Waals surface area contributed by atoms with Gasteiger partial charge in [0.15, 0.2) is 0 Å². The summed E-state index contributed by atoms with van der Waals surface area (Å²) in [6.07, 6.45) is 1.99. The summed E-state index contributed by atoms with van der Waals surface area (Å²) >= 11 is 0. The molecule has 0 radical (unpaired) electrons. The zero-order valence-electron chi connectivity index (χ0n) is 20.1. The highest BCUT2D eigenvalue weighted by Gasteiger charge is 2.23. The maximum atomic E-state index is 12.5. The summed E-state index contributed by atoms with van der Waals surface area (Å²) in [5.74, 6) is 1.40. The fourth-order valence-electron chi connectivity index (χ4n) is 4.48. The monoisotopic (exact) mass is 494 g/mol. The maximum Gasteiger partial charge on any atom is 0.340 e. The lowest BCUT2D eigenvalue weighted by molar-refractivity contribution is 0.0602. The van der Waals surface area contributed by atoms with Gasteiger partial charge in [-0.25, -0.2) is 4.79 Å². The number of nitrogens with zero attached hydrogens (tertiary/aromatic N) is 5. The minimum absolute atomic E-state index is 0.388. The molecule has 2 aromatic heterocycles. The van der Waals surface area contributed by atoms with Crippen molar-refractivity contribution < 1.29 is 19.0 Å². The van der Waals surface area contributed by atoms with E-state index < -0.39 is 5.97 Å². The second-order valence-electron chi connectivity index (χ2n) is 8.34. The molecule has 5 aromatic rings. The highest BCUT2D eigenvalue weighted by molar-refractivity contribution is 6.02. The normalized spacial score (nSPS) is 12.2. The first-order chi connectivity index (χ1) is 18.2. The molecule has 0 atom stereocenters. The number of ether oxygens (including phenoxy) is 3. The Morgan fingerprint density at radius 1 is 1.08 bits per heavy atom. The van der Waals surface area contributed by atoms with Gasteiger partial charge < -0.3 is 14.2 Å². The molecule has 6 rings (SSSR count). The number of nitrogens with one attached hydrogen (secondary N) is 1. The van der Waals surface area contributed by atoms with Crippen LogP contribution in [0.1, 0.15) is 39.8 Å². The van der Waals surface area contributed by atoms with Crippen molar-refractivity contribution in [1.82, 2.24) is 30.2 Å². The summed E-state index contributed by atoms with van der Waals surface area (Å²) in [7, 11) is 1.36. The van der Waals surface area contributed by atoms with Crippen LogP contribution in [0, 0.1) is 0 Å². The van der Waals surface area contributed by atoms with Crippen LogP contribution < -0.4 is 9.47 Å². The van der Waals surface area contributed by atoms with Crippen LogP contribution in [0.25, 0.3) is 22.7 Å². The van der Waals surface area contributed by atoms with Crippen LogP contribution in [-0.2, 0) is 11.3 Å². The highest BCUT2D eigenvalue weighted by Crippen LogP contribution is 2.40. The summed E-state index contributed by atoms with van der Waals surface area (Å²) < 4.78 is 19.1. The van der Waals surface area contributed by atoms with E-state index in [1.165, 1.54) is 7.11 Å². The van der Waals surface area contributed by atoms with Crippen LogP contribution >= 0.6 is 0 Å². The van der Waals surface area contributed by atoms with Gasteiger partial charge in [0.1, 0.15) is 11.5 Å². The second-order valence-corrected chi connectivity index (χ2v) is 8.34. The van der Waals surface area contributed by atoms with E-state index in [0.29, 0.717) is 47.3 Å². The molecule has 0 saturated heterocycles. The van der Waals surface area contributed by atoms with Crippen molar-refractivity contribution >= 4 is 28.7 Å². The maximum absolute atomic E-state index is 12.5. The molecule has 1 aliphatic heterocycles. The SMILES string of the molecule is CCOc1nc2cccc(C(=O)OC)c2n1Cc1ccc2c(c1)Oc1ccccc1C=C2c1nn[nH]n1. The van der Waals surface area contributed by atoms with Crippen LogP contribution in [0.5, 0.6) is 17.5 Å². The number of aromatic nitrogens is 6. The lowest BCUT2D eigenvalue weighted by Crippen LogP contribution is -2.09. The van der Waals surface area contributed by atoms with Crippen molar-refractivity contribution in [3.05, 3.63) is 88.7 Å². The Kier molecular flexibility index (Phi) is 5.61. The van der Waals surface area contributed by atoms with Gasteiger partial charge in [-0.15, -0.1) is 10.2 Å². The third-order valence-electron chi connectivity index (χ3n) is 6.11. The minimum atomic E-state index is -0.438. The predicted octanol–water partition coefficient (Wildman–Crippen LogP) is 4.48. The first kappa shape index (κ1) is 22.5. The van der Waals surface area contributed by atoms with Gasteiger partial charge in [-0.1, -0.05) is 36.4 Å². The molecule has 0 fully saturated rings. The summed E-state index contributed by atoms with van der Waals surface area (Å²) in [5.41, 5.74) is 5.15. The molecule has 184 valence electrons. The number of methoxy groups -OCH3 is 1. The molecule has 0 amide bonds. The summed E-state index contributed by atoms with van der Waals surface area (Å²) in [6.45, 7) is 2.71. The molecule has 0 bridgehead atoms. The Morgan fingerprint density at radius 3 is 2.78 bits per heavy atom. The van der Waals surface area contributed by atoms with Crippen molar-refractivity contribution in [2.45, 2.75) is 13.5 Å². The largest absolute Gasteiger partial charge is 0.465 e. The molecule has 10 heteroatoms. The summed E-state index contributed by atoms with van der Waals surface area (Å²) in [5, 5.41) is 14.6. The molecule has 3 heterocycles. The van der Waals surface area contributed by atoms with Gasteiger partial charge in [0.05, 0.1) is 36.9 Å². The molecule has 3 aromatic carbocycles. The van der Waals surface area contributed by atoms with Crippen LogP contribution in [0.2, 0.25) is 0 Å². The summed E-state index contributed by atoms with van der Waals surface area (Å²) in [4.78, 5) is 17.2. The Labute approximate surface area is 211 Å². The van der Waals surface area contributed by atoms with Gasteiger partial charge in [0.25, 0.3) is 6.01 Å². The number of carbonyl (C=O) groups is 1. The van der Waals surface area contributed by atoms with Crippen molar-refractivity contribution in [3.8, 4) is 17.5 Å². The third-order valence-corrected chi connectivity index (χ3v) is 6.11. The number of fused-ring (bicyclic) bond motifs is 3. The number of carbonyl (C=O) groups excluding carboxylic acids is 1. The van der Waals surface area contributed by atoms with Crippen molar-refractivity contribution in [2.75, 3.05) is 13.7 Å². The fraction of sp³-hybridized carbons (Fsp3) is 0.148. The van der Waals surface area contributed by atoms with Gasteiger partial charge >= 0.3 is 5.97 Å². The molecule has 0 aliphatic carbocycles. The van der Waals surface area contributed by atoms with Crippen molar-refractivity contribution in [2.24, 2.45) is 0 Å². The number of tetrazole rings is 1. The van der Waals surface area contributed by atoms with E-state index >= 15 is 0 Å². The van der Waals surface area contributed by atoms with E-state index in [1.807, 2.05) is 66.1 Å². The average molecular weight is 495 g/mol.